The lowest BCUT2D eigenvalue weighted by Crippen LogP contribution is -2.38. The Morgan fingerprint density at radius 3 is 2.17 bits per heavy atom. The van der Waals surface area contributed by atoms with Gasteiger partial charge in [0.25, 0.3) is 0 Å². The molecule has 1 N–H and O–H groups in total. The highest BCUT2D eigenvalue weighted by molar-refractivity contribution is 5.86. The molecule has 0 aliphatic carbocycles. The van der Waals surface area contributed by atoms with E-state index in [2.05, 4.69) is 23.7 Å². The maximum atomic E-state index is 14.0. The molecule has 0 unspecified atom stereocenters. The topological polar surface area (TPSA) is 53.4 Å². The van der Waals surface area contributed by atoms with Crippen molar-refractivity contribution in [3.63, 3.8) is 0 Å². The largest absolute Gasteiger partial charge is 0.481 e. The van der Waals surface area contributed by atoms with Gasteiger partial charge in [0.2, 0.25) is 0 Å². The van der Waals surface area contributed by atoms with Crippen molar-refractivity contribution in [1.82, 2.24) is 4.98 Å². The number of halogens is 3. The Morgan fingerprint density at radius 1 is 1.10 bits per heavy atom. The first-order valence-electron chi connectivity index (χ1n) is 9.62. The molecule has 1 saturated heterocycles. The molecule has 0 spiro atoms. The van der Waals surface area contributed by atoms with Gasteiger partial charge in [0.05, 0.1) is 12.1 Å². The van der Waals surface area contributed by atoms with Crippen molar-refractivity contribution in [3.8, 4) is 11.1 Å². The van der Waals surface area contributed by atoms with Gasteiger partial charge in [-0.3, -0.25) is 9.78 Å². The van der Waals surface area contributed by atoms with Crippen molar-refractivity contribution >= 4 is 11.7 Å². The summed E-state index contributed by atoms with van der Waals surface area (Å²) in [6, 6.07) is 1.89. The Hall–Kier alpha value is -2.57. The normalized spacial score (nSPS) is 16.2. The van der Waals surface area contributed by atoms with Crippen molar-refractivity contribution in [3.05, 3.63) is 46.5 Å². The minimum absolute atomic E-state index is 0.151. The van der Waals surface area contributed by atoms with Gasteiger partial charge in [0.15, 0.2) is 17.5 Å². The Kier molecular flexibility index (Phi) is 5.61. The molecule has 1 aromatic heterocycles. The minimum Gasteiger partial charge on any atom is -0.481 e. The number of aryl methyl sites for hydroxylation is 2. The summed E-state index contributed by atoms with van der Waals surface area (Å²) in [5, 5.41) is 9.44. The second-order valence-corrected chi connectivity index (χ2v) is 8.46. The maximum absolute atomic E-state index is 14.0. The van der Waals surface area contributed by atoms with Gasteiger partial charge in [0.1, 0.15) is 0 Å². The average Bonchev–Trinajstić information content (AvgIpc) is 2.61. The lowest BCUT2D eigenvalue weighted by atomic mass is 9.82. The van der Waals surface area contributed by atoms with Crippen LogP contribution in [0.4, 0.5) is 18.9 Å². The van der Waals surface area contributed by atoms with Crippen LogP contribution in [0, 0.1) is 36.7 Å². The number of nitrogens with zero attached hydrogens (tertiary/aromatic N) is 2. The molecule has 0 amide bonds. The number of carboxylic acids is 1. The molecule has 29 heavy (non-hydrogen) atoms. The summed E-state index contributed by atoms with van der Waals surface area (Å²) in [4.78, 5) is 18.0. The second kappa shape index (κ2) is 7.69. The first-order valence-corrected chi connectivity index (χ1v) is 9.62. The number of rotatable bonds is 4. The number of anilines is 1. The fourth-order valence-corrected chi connectivity index (χ4v) is 3.96. The Morgan fingerprint density at radius 2 is 1.66 bits per heavy atom. The third-order valence-electron chi connectivity index (χ3n) is 5.69. The lowest BCUT2D eigenvalue weighted by molar-refractivity contribution is -0.136. The van der Waals surface area contributed by atoms with Crippen LogP contribution in [-0.2, 0) is 11.2 Å². The number of aromatic nitrogens is 1. The number of hydrogen-bond donors (Lipinski definition) is 1. The highest BCUT2D eigenvalue weighted by Gasteiger charge is 2.30. The van der Waals surface area contributed by atoms with Gasteiger partial charge in [-0.05, 0) is 49.8 Å². The van der Waals surface area contributed by atoms with Crippen LogP contribution in [0.3, 0.4) is 0 Å². The predicted octanol–water partition coefficient (Wildman–Crippen LogP) is 5.04. The van der Waals surface area contributed by atoms with E-state index in [9.17, 15) is 23.1 Å². The number of carboxylic acid groups (broad SMARTS) is 1. The predicted molar refractivity (Wildman–Crippen MR) is 106 cm³/mol. The van der Waals surface area contributed by atoms with E-state index in [0.717, 1.165) is 25.0 Å². The fourth-order valence-electron chi connectivity index (χ4n) is 3.96. The second-order valence-electron chi connectivity index (χ2n) is 8.46. The van der Waals surface area contributed by atoms with Gasteiger partial charge in [-0.1, -0.05) is 13.8 Å². The highest BCUT2D eigenvalue weighted by atomic mass is 19.2. The molecule has 7 heteroatoms. The van der Waals surface area contributed by atoms with Crippen LogP contribution < -0.4 is 4.90 Å². The summed E-state index contributed by atoms with van der Waals surface area (Å²) >= 11 is 0. The smallest absolute Gasteiger partial charge is 0.307 e. The van der Waals surface area contributed by atoms with E-state index in [1.807, 2.05) is 0 Å². The van der Waals surface area contributed by atoms with Crippen LogP contribution in [0.2, 0.25) is 0 Å². The van der Waals surface area contributed by atoms with E-state index in [0.29, 0.717) is 41.3 Å². The lowest BCUT2D eigenvalue weighted by Gasteiger charge is -2.40. The molecular formula is C22H25F3N2O2. The van der Waals surface area contributed by atoms with E-state index < -0.39 is 23.4 Å². The van der Waals surface area contributed by atoms with E-state index in [-0.39, 0.29) is 17.4 Å². The molecule has 3 rings (SSSR count). The first kappa shape index (κ1) is 21.1. The number of benzene rings is 1. The summed E-state index contributed by atoms with van der Waals surface area (Å²) < 4.78 is 41.5. The molecule has 1 aliphatic rings. The number of pyridine rings is 1. The van der Waals surface area contributed by atoms with Crippen LogP contribution in [-0.4, -0.2) is 29.1 Å². The molecule has 1 aliphatic heterocycles. The summed E-state index contributed by atoms with van der Waals surface area (Å²) in [5.74, 6) is -5.12. The molecule has 4 nitrogen and oxygen atoms in total. The molecular weight excluding hydrogens is 381 g/mol. The van der Waals surface area contributed by atoms with Crippen LogP contribution in [0.5, 0.6) is 0 Å². The summed E-state index contributed by atoms with van der Waals surface area (Å²) in [5.41, 5.74) is 2.98. The third kappa shape index (κ3) is 4.23. The van der Waals surface area contributed by atoms with Gasteiger partial charge < -0.3 is 10.0 Å². The highest BCUT2D eigenvalue weighted by Crippen LogP contribution is 2.42. The number of piperidine rings is 1. The van der Waals surface area contributed by atoms with Gasteiger partial charge in [-0.2, -0.15) is 0 Å². The molecule has 156 valence electrons. The quantitative estimate of drug-likeness (QED) is 0.723. The SMILES string of the molecule is Cc1nc(C)c(-c2cc(F)c(F)c(F)c2)c(N2CCC(C)(C)CC2)c1CC(=O)O. The first-order chi connectivity index (χ1) is 13.5. The summed E-state index contributed by atoms with van der Waals surface area (Å²) in [7, 11) is 0. The monoisotopic (exact) mass is 406 g/mol. The van der Waals surface area contributed by atoms with Gasteiger partial charge in [-0.15, -0.1) is 0 Å². The summed E-state index contributed by atoms with van der Waals surface area (Å²) in [6.45, 7) is 9.17. The standard InChI is InChI=1S/C22H25F3N2O2/c1-12-15(11-18(28)29)21(27-7-5-22(3,4)6-8-27)19(13(2)26-12)14-9-16(23)20(25)17(24)10-14/h9-10H,5-8,11H2,1-4H3,(H,28,29). The average molecular weight is 406 g/mol. The molecule has 2 aromatic rings. The van der Waals surface area contributed by atoms with Crippen molar-refractivity contribution in [1.29, 1.82) is 0 Å². The van der Waals surface area contributed by atoms with E-state index in [1.165, 1.54) is 0 Å². The molecule has 1 aromatic carbocycles. The minimum atomic E-state index is -1.53. The van der Waals surface area contributed by atoms with Gasteiger partial charge >= 0.3 is 5.97 Å². The van der Waals surface area contributed by atoms with E-state index in [1.54, 1.807) is 13.8 Å². The zero-order chi connectivity index (χ0) is 21.5. The van der Waals surface area contributed by atoms with Crippen LogP contribution in [0.1, 0.15) is 43.6 Å². The number of hydrogen-bond acceptors (Lipinski definition) is 3. The number of aliphatic carboxylic acids is 1. The van der Waals surface area contributed by atoms with Crippen LogP contribution in [0.25, 0.3) is 11.1 Å². The van der Waals surface area contributed by atoms with Crippen molar-refractivity contribution < 1.29 is 23.1 Å². The number of carbonyl (C=O) groups is 1. The van der Waals surface area contributed by atoms with E-state index in [4.69, 9.17) is 0 Å². The Labute approximate surface area is 168 Å². The van der Waals surface area contributed by atoms with Crippen molar-refractivity contribution in [2.24, 2.45) is 5.41 Å². The van der Waals surface area contributed by atoms with Crippen LogP contribution in [0.15, 0.2) is 12.1 Å². The Bertz CT molecular complexity index is 940. The third-order valence-corrected chi connectivity index (χ3v) is 5.69. The van der Waals surface area contributed by atoms with Crippen molar-refractivity contribution in [2.45, 2.75) is 47.0 Å². The van der Waals surface area contributed by atoms with Crippen LogP contribution >= 0.6 is 0 Å². The van der Waals surface area contributed by atoms with Crippen molar-refractivity contribution in [2.75, 3.05) is 18.0 Å². The zero-order valence-electron chi connectivity index (χ0n) is 17.1. The van der Waals surface area contributed by atoms with Gasteiger partial charge in [-0.25, -0.2) is 13.2 Å². The molecule has 0 bridgehead atoms. The van der Waals surface area contributed by atoms with E-state index >= 15 is 0 Å². The fraction of sp³-hybridized carbons (Fsp3) is 0.455. The molecule has 0 atom stereocenters. The Balaban J connectivity index is 2.26. The van der Waals surface area contributed by atoms with Gasteiger partial charge in [0, 0.05) is 35.6 Å². The maximum Gasteiger partial charge on any atom is 0.307 e. The molecule has 0 saturated carbocycles. The molecule has 2 heterocycles. The molecule has 1 fully saturated rings. The summed E-state index contributed by atoms with van der Waals surface area (Å²) in [6.07, 6.45) is 1.53. The molecule has 0 radical (unpaired) electrons. The zero-order valence-corrected chi connectivity index (χ0v) is 17.1.